The molecule has 11 heteroatoms. The van der Waals surface area contributed by atoms with Crippen LogP contribution in [0.3, 0.4) is 0 Å². The minimum Gasteiger partial charge on any atom is -0.364 e. The number of aromatic nitrogens is 5. The standard InChI is InChI=1S/C26H27N7O4/c1-26(2)36-18-19(24(34)27-3)35-25(20(18)37-26)33-14-30-17-22(29-13-15-9-5-4-6-10-15)31-21(32-23(17)33)16-11-7-8-12-28-16/h4-12,14,18-20,25H,13H2,1-3H3,(H,27,34)(H,29,31,32)/t18-,19+,20-,25?/m1/s1. The van der Waals surface area contributed by atoms with E-state index in [1.165, 1.54) is 0 Å². The van der Waals surface area contributed by atoms with Gasteiger partial charge in [-0.1, -0.05) is 36.4 Å². The molecule has 0 bridgehead atoms. The molecule has 0 saturated carbocycles. The Labute approximate surface area is 213 Å². The molecule has 190 valence electrons. The Kier molecular flexibility index (Phi) is 5.82. The average Bonchev–Trinajstić information content (AvgIpc) is 3.58. The molecule has 2 N–H and O–H groups in total. The van der Waals surface area contributed by atoms with Crippen molar-refractivity contribution in [2.45, 2.75) is 50.7 Å². The smallest absolute Gasteiger partial charge is 0.251 e. The van der Waals surface area contributed by atoms with Crippen LogP contribution in [0.25, 0.3) is 22.7 Å². The van der Waals surface area contributed by atoms with Gasteiger partial charge in [0.25, 0.3) is 5.91 Å². The lowest BCUT2D eigenvalue weighted by atomic mass is 10.1. The van der Waals surface area contributed by atoms with E-state index in [9.17, 15) is 4.79 Å². The van der Waals surface area contributed by atoms with Crippen LogP contribution in [-0.4, -0.2) is 61.6 Å². The molecule has 0 aliphatic carbocycles. The lowest BCUT2D eigenvalue weighted by Gasteiger charge is -2.24. The number of hydrogen-bond acceptors (Lipinski definition) is 9. The molecule has 37 heavy (non-hydrogen) atoms. The number of imidazole rings is 1. The lowest BCUT2D eigenvalue weighted by molar-refractivity contribution is -0.197. The summed E-state index contributed by atoms with van der Waals surface area (Å²) in [7, 11) is 1.57. The Hall–Kier alpha value is -3.93. The van der Waals surface area contributed by atoms with Gasteiger partial charge in [0, 0.05) is 19.8 Å². The average molecular weight is 502 g/mol. The fraction of sp³-hybridized carbons (Fsp3) is 0.346. The second-order valence-corrected chi connectivity index (χ2v) is 9.40. The zero-order valence-corrected chi connectivity index (χ0v) is 20.7. The molecule has 5 heterocycles. The number of nitrogens with zero attached hydrogens (tertiary/aromatic N) is 5. The first-order chi connectivity index (χ1) is 17.9. The number of rotatable bonds is 6. The Morgan fingerprint density at radius 1 is 1.03 bits per heavy atom. The molecule has 0 radical (unpaired) electrons. The molecule has 2 saturated heterocycles. The summed E-state index contributed by atoms with van der Waals surface area (Å²) in [4.78, 5) is 31.2. The van der Waals surface area contributed by atoms with Gasteiger partial charge < -0.3 is 24.8 Å². The molecule has 2 fully saturated rings. The van der Waals surface area contributed by atoms with Gasteiger partial charge in [-0.05, 0) is 31.5 Å². The minimum atomic E-state index is -0.865. The van der Waals surface area contributed by atoms with Gasteiger partial charge in [0.1, 0.15) is 17.9 Å². The predicted molar refractivity (Wildman–Crippen MR) is 134 cm³/mol. The van der Waals surface area contributed by atoms with E-state index in [0.717, 1.165) is 5.56 Å². The van der Waals surface area contributed by atoms with Crippen LogP contribution in [-0.2, 0) is 25.5 Å². The summed E-state index contributed by atoms with van der Waals surface area (Å²) < 4.78 is 20.2. The zero-order valence-electron chi connectivity index (χ0n) is 20.7. The van der Waals surface area contributed by atoms with Crippen molar-refractivity contribution in [1.82, 2.24) is 29.8 Å². The first-order valence-corrected chi connectivity index (χ1v) is 12.1. The fourth-order valence-electron chi connectivity index (χ4n) is 4.77. The van der Waals surface area contributed by atoms with Crippen LogP contribution in [0.5, 0.6) is 0 Å². The van der Waals surface area contributed by atoms with Crippen molar-refractivity contribution in [3.8, 4) is 11.5 Å². The van der Waals surface area contributed by atoms with Gasteiger partial charge in [0.2, 0.25) is 0 Å². The third-order valence-corrected chi connectivity index (χ3v) is 6.43. The van der Waals surface area contributed by atoms with Gasteiger partial charge in [-0.2, -0.15) is 0 Å². The van der Waals surface area contributed by atoms with E-state index in [2.05, 4.69) is 20.6 Å². The number of carbonyl (C=O) groups excluding carboxylic acids is 1. The Bertz CT molecular complexity index is 1430. The molecular formula is C26H27N7O4. The maximum atomic E-state index is 12.6. The highest BCUT2D eigenvalue weighted by atomic mass is 16.8. The number of likely N-dealkylation sites (N-methyl/N-ethyl adjacent to an activating group) is 1. The summed E-state index contributed by atoms with van der Waals surface area (Å²) >= 11 is 0. The van der Waals surface area contributed by atoms with E-state index in [4.69, 9.17) is 24.2 Å². The summed E-state index contributed by atoms with van der Waals surface area (Å²) in [6.45, 7) is 4.19. The summed E-state index contributed by atoms with van der Waals surface area (Å²) in [5.41, 5.74) is 2.82. The lowest BCUT2D eigenvalue weighted by Crippen LogP contribution is -2.41. The number of benzene rings is 1. The van der Waals surface area contributed by atoms with Gasteiger partial charge in [-0.15, -0.1) is 0 Å². The Morgan fingerprint density at radius 3 is 2.57 bits per heavy atom. The number of anilines is 1. The van der Waals surface area contributed by atoms with E-state index in [-0.39, 0.29) is 5.91 Å². The number of hydrogen-bond donors (Lipinski definition) is 2. The summed E-state index contributed by atoms with van der Waals surface area (Å²) in [6, 6.07) is 15.6. The third-order valence-electron chi connectivity index (χ3n) is 6.43. The van der Waals surface area contributed by atoms with E-state index in [1.807, 2.05) is 62.4 Å². The molecule has 1 aromatic carbocycles. The van der Waals surface area contributed by atoms with Crippen molar-refractivity contribution >= 4 is 22.9 Å². The summed E-state index contributed by atoms with van der Waals surface area (Å²) in [5.74, 6) is -0.144. The first kappa shape index (κ1) is 23.5. The number of fused-ring (bicyclic) bond motifs is 2. The van der Waals surface area contributed by atoms with E-state index in [1.54, 1.807) is 24.1 Å². The van der Waals surface area contributed by atoms with Crippen LogP contribution in [0.1, 0.15) is 25.6 Å². The monoisotopic (exact) mass is 501 g/mol. The van der Waals surface area contributed by atoms with E-state index in [0.29, 0.717) is 35.0 Å². The van der Waals surface area contributed by atoms with Crippen LogP contribution in [0.2, 0.25) is 0 Å². The highest BCUT2D eigenvalue weighted by molar-refractivity contribution is 5.85. The largest absolute Gasteiger partial charge is 0.364 e. The van der Waals surface area contributed by atoms with Crippen molar-refractivity contribution in [2.75, 3.05) is 12.4 Å². The number of ether oxygens (including phenoxy) is 3. The molecule has 1 unspecified atom stereocenters. The highest BCUT2D eigenvalue weighted by Gasteiger charge is 2.58. The molecule has 2 aliphatic heterocycles. The molecule has 1 amide bonds. The minimum absolute atomic E-state index is 0.280. The molecule has 3 aromatic heterocycles. The van der Waals surface area contributed by atoms with Crippen molar-refractivity contribution in [3.63, 3.8) is 0 Å². The highest BCUT2D eigenvalue weighted by Crippen LogP contribution is 2.44. The van der Waals surface area contributed by atoms with Gasteiger partial charge in [0.15, 0.2) is 40.9 Å². The summed E-state index contributed by atoms with van der Waals surface area (Å²) in [5, 5.41) is 6.05. The van der Waals surface area contributed by atoms with Gasteiger partial charge in [-0.25, -0.2) is 15.0 Å². The van der Waals surface area contributed by atoms with Gasteiger partial charge in [0.05, 0.1) is 6.33 Å². The molecular weight excluding hydrogens is 474 g/mol. The predicted octanol–water partition coefficient (Wildman–Crippen LogP) is 2.66. The molecule has 4 atom stereocenters. The number of carbonyl (C=O) groups is 1. The molecule has 6 rings (SSSR count). The maximum absolute atomic E-state index is 12.6. The van der Waals surface area contributed by atoms with Crippen LogP contribution in [0.15, 0.2) is 61.1 Å². The second kappa shape index (κ2) is 9.18. The number of pyridine rings is 1. The van der Waals surface area contributed by atoms with Crippen molar-refractivity contribution in [1.29, 1.82) is 0 Å². The number of amides is 1. The maximum Gasteiger partial charge on any atom is 0.251 e. The second-order valence-electron chi connectivity index (χ2n) is 9.40. The molecule has 11 nitrogen and oxygen atoms in total. The SMILES string of the molecule is CNC(=O)[C@H]1OC(n2cnc3c(NCc4ccccc4)nc(-c4ccccn4)nc32)[C@@H]2OC(C)(C)O[C@H]12. The molecule has 4 aromatic rings. The molecule has 0 spiro atoms. The zero-order chi connectivity index (χ0) is 25.6. The summed E-state index contributed by atoms with van der Waals surface area (Å²) in [6.07, 6.45) is 0.688. The van der Waals surface area contributed by atoms with Crippen LogP contribution < -0.4 is 10.6 Å². The Morgan fingerprint density at radius 2 is 1.81 bits per heavy atom. The normalized spacial score (nSPS) is 24.2. The van der Waals surface area contributed by atoms with Crippen LogP contribution >= 0.6 is 0 Å². The number of nitrogens with one attached hydrogen (secondary N) is 2. The molecule has 2 aliphatic rings. The van der Waals surface area contributed by atoms with Gasteiger partial charge in [-0.3, -0.25) is 14.3 Å². The van der Waals surface area contributed by atoms with Crippen molar-refractivity contribution in [2.24, 2.45) is 0 Å². The first-order valence-electron chi connectivity index (χ1n) is 12.1. The Balaban J connectivity index is 1.43. The van der Waals surface area contributed by atoms with Crippen LogP contribution in [0.4, 0.5) is 5.82 Å². The van der Waals surface area contributed by atoms with Gasteiger partial charge >= 0.3 is 0 Å². The fourth-order valence-corrected chi connectivity index (χ4v) is 4.77. The van der Waals surface area contributed by atoms with E-state index < -0.39 is 30.3 Å². The van der Waals surface area contributed by atoms with Crippen molar-refractivity contribution in [3.05, 3.63) is 66.6 Å². The quantitative estimate of drug-likeness (QED) is 0.410. The topological polar surface area (TPSA) is 125 Å². The third kappa shape index (κ3) is 4.31. The van der Waals surface area contributed by atoms with Crippen LogP contribution in [0, 0.1) is 0 Å². The van der Waals surface area contributed by atoms with Crippen molar-refractivity contribution < 1.29 is 19.0 Å². The van der Waals surface area contributed by atoms with E-state index >= 15 is 0 Å².